The van der Waals surface area contributed by atoms with E-state index < -0.39 is 0 Å². The SMILES string of the molecule is Cc1ncn(Cc2ccc(C3CCNC3)cc2)c1Cn1cc(C(=O)N2CCOCC2)c(-c2cccc3ccccc23)c1. The molecule has 1 unspecified atom stereocenters. The number of carbonyl (C=O) groups excluding carboxylic acids is 1. The summed E-state index contributed by atoms with van der Waals surface area (Å²) >= 11 is 0. The number of aryl methyl sites for hydroxylation is 1. The fourth-order valence-corrected chi connectivity index (χ4v) is 6.44. The third kappa shape index (κ3) is 5.26. The lowest BCUT2D eigenvalue weighted by Gasteiger charge is -2.27. The normalized spacial score (nSPS) is 17.3. The molecule has 1 N–H and O–H groups in total. The van der Waals surface area contributed by atoms with Crippen LogP contribution in [0, 0.1) is 6.92 Å². The highest BCUT2D eigenvalue weighted by molar-refractivity contribution is 6.06. The third-order valence-electron chi connectivity index (χ3n) is 8.84. The van der Waals surface area contributed by atoms with E-state index in [9.17, 15) is 4.79 Å². The van der Waals surface area contributed by atoms with Crippen LogP contribution in [0.5, 0.6) is 0 Å². The van der Waals surface area contributed by atoms with E-state index in [-0.39, 0.29) is 5.91 Å². The van der Waals surface area contributed by atoms with Gasteiger partial charge in [-0.15, -0.1) is 0 Å². The summed E-state index contributed by atoms with van der Waals surface area (Å²) in [5.41, 5.74) is 7.59. The quantitative estimate of drug-likeness (QED) is 0.288. The predicted octanol–water partition coefficient (Wildman–Crippen LogP) is 5.46. The molecule has 2 aliphatic heterocycles. The van der Waals surface area contributed by atoms with Gasteiger partial charge in [0.1, 0.15) is 0 Å². The number of nitrogens with zero attached hydrogens (tertiary/aromatic N) is 4. The Labute approximate surface area is 246 Å². The number of imidazole rings is 1. The molecule has 7 heteroatoms. The molecule has 3 aromatic carbocycles. The molecule has 0 aliphatic carbocycles. The molecule has 0 radical (unpaired) electrons. The van der Waals surface area contributed by atoms with E-state index in [0.717, 1.165) is 58.5 Å². The minimum Gasteiger partial charge on any atom is -0.378 e. The van der Waals surface area contributed by atoms with Crippen LogP contribution < -0.4 is 5.32 Å². The maximum absolute atomic E-state index is 13.9. The Morgan fingerprint density at radius 1 is 0.952 bits per heavy atom. The molecular weight excluding hydrogens is 522 g/mol. The summed E-state index contributed by atoms with van der Waals surface area (Å²) in [5, 5.41) is 5.77. The molecule has 0 bridgehead atoms. The Morgan fingerprint density at radius 3 is 2.57 bits per heavy atom. The first-order valence-corrected chi connectivity index (χ1v) is 15.0. The van der Waals surface area contributed by atoms with Gasteiger partial charge in [0, 0.05) is 44.1 Å². The highest BCUT2D eigenvalue weighted by atomic mass is 16.5. The number of ether oxygens (including phenoxy) is 1. The molecule has 2 aromatic heterocycles. The van der Waals surface area contributed by atoms with Crippen molar-refractivity contribution in [2.75, 3.05) is 39.4 Å². The van der Waals surface area contributed by atoms with Gasteiger partial charge in [-0.2, -0.15) is 0 Å². The highest BCUT2D eigenvalue weighted by Gasteiger charge is 2.25. The van der Waals surface area contributed by atoms with Gasteiger partial charge < -0.3 is 24.1 Å². The Morgan fingerprint density at radius 2 is 1.76 bits per heavy atom. The average molecular weight is 560 g/mol. The molecule has 42 heavy (non-hydrogen) atoms. The van der Waals surface area contributed by atoms with Gasteiger partial charge >= 0.3 is 0 Å². The lowest BCUT2D eigenvalue weighted by molar-refractivity contribution is 0.0303. The molecule has 7 nitrogen and oxygen atoms in total. The van der Waals surface area contributed by atoms with Crippen LogP contribution in [0.2, 0.25) is 0 Å². The van der Waals surface area contributed by atoms with Crippen molar-refractivity contribution >= 4 is 16.7 Å². The number of aromatic nitrogens is 3. The minimum atomic E-state index is 0.0581. The van der Waals surface area contributed by atoms with Gasteiger partial charge in [-0.25, -0.2) is 4.98 Å². The topological polar surface area (TPSA) is 64.3 Å². The number of fused-ring (bicyclic) bond motifs is 1. The molecule has 2 fully saturated rings. The van der Waals surface area contributed by atoms with Crippen molar-refractivity contribution in [2.24, 2.45) is 0 Å². The maximum atomic E-state index is 13.9. The Kier molecular flexibility index (Phi) is 7.36. The third-order valence-corrected chi connectivity index (χ3v) is 8.84. The number of nitrogens with one attached hydrogen (secondary N) is 1. The fourth-order valence-electron chi connectivity index (χ4n) is 6.44. The summed E-state index contributed by atoms with van der Waals surface area (Å²) in [5.74, 6) is 0.673. The standard InChI is InChI=1S/C35H37N5O2/c1-25-34(40(24-37-25)20-26-9-11-27(12-10-26)29-13-14-36-19-29)23-38-21-32(31-8-4-6-28-5-2-3-7-30(28)31)33(22-38)35(41)39-15-17-42-18-16-39/h2-12,21-22,24,29,36H,13-20,23H2,1H3. The fraction of sp³-hybridized carbons (Fsp3) is 0.314. The largest absolute Gasteiger partial charge is 0.378 e. The van der Waals surface area contributed by atoms with Gasteiger partial charge in [-0.3, -0.25) is 4.79 Å². The van der Waals surface area contributed by atoms with Crippen molar-refractivity contribution in [2.45, 2.75) is 32.4 Å². The molecule has 1 amide bonds. The number of rotatable bonds is 7. The van der Waals surface area contributed by atoms with E-state index in [1.807, 2.05) is 17.4 Å². The first-order chi connectivity index (χ1) is 20.6. The maximum Gasteiger partial charge on any atom is 0.256 e. The van der Waals surface area contributed by atoms with E-state index in [1.165, 1.54) is 17.5 Å². The summed E-state index contributed by atoms with van der Waals surface area (Å²) in [7, 11) is 0. The molecule has 0 saturated carbocycles. The summed E-state index contributed by atoms with van der Waals surface area (Å²) in [6.45, 7) is 8.00. The van der Waals surface area contributed by atoms with Gasteiger partial charge in [-0.1, -0.05) is 66.7 Å². The predicted molar refractivity (Wildman–Crippen MR) is 166 cm³/mol. The van der Waals surface area contributed by atoms with E-state index in [0.29, 0.717) is 38.8 Å². The van der Waals surface area contributed by atoms with Gasteiger partial charge in [-0.05, 0) is 53.3 Å². The molecule has 1 atom stereocenters. The van der Waals surface area contributed by atoms with Crippen LogP contribution in [0.25, 0.3) is 21.9 Å². The molecule has 2 aliphatic rings. The number of morpholine rings is 1. The lowest BCUT2D eigenvalue weighted by atomic mass is 9.97. The molecule has 5 aromatic rings. The second-order valence-corrected chi connectivity index (χ2v) is 11.5. The Hall–Kier alpha value is -4.20. The Balaban J connectivity index is 1.21. The van der Waals surface area contributed by atoms with Crippen LogP contribution in [0.1, 0.15) is 45.2 Å². The summed E-state index contributed by atoms with van der Waals surface area (Å²) in [4.78, 5) is 20.5. The zero-order valence-corrected chi connectivity index (χ0v) is 24.1. The second-order valence-electron chi connectivity index (χ2n) is 11.5. The van der Waals surface area contributed by atoms with E-state index in [4.69, 9.17) is 4.74 Å². The van der Waals surface area contributed by atoms with Crippen molar-refractivity contribution in [3.05, 3.63) is 114 Å². The average Bonchev–Trinajstić information content (AvgIpc) is 3.80. The van der Waals surface area contributed by atoms with Crippen LogP contribution in [0.15, 0.2) is 85.5 Å². The zero-order chi connectivity index (χ0) is 28.5. The number of benzene rings is 3. The lowest BCUT2D eigenvalue weighted by Crippen LogP contribution is -2.40. The van der Waals surface area contributed by atoms with Gasteiger partial charge in [0.2, 0.25) is 0 Å². The number of hydrogen-bond acceptors (Lipinski definition) is 4. The van der Waals surface area contributed by atoms with Crippen molar-refractivity contribution in [1.29, 1.82) is 0 Å². The van der Waals surface area contributed by atoms with E-state index in [2.05, 4.69) is 99.3 Å². The smallest absolute Gasteiger partial charge is 0.256 e. The molecule has 214 valence electrons. The van der Waals surface area contributed by atoms with Crippen molar-refractivity contribution in [3.8, 4) is 11.1 Å². The van der Waals surface area contributed by atoms with Crippen LogP contribution in [-0.4, -0.2) is 64.3 Å². The molecular formula is C35H37N5O2. The van der Waals surface area contributed by atoms with Crippen LogP contribution >= 0.6 is 0 Å². The van der Waals surface area contributed by atoms with Crippen LogP contribution in [0.4, 0.5) is 0 Å². The number of amides is 1. The first kappa shape index (κ1) is 26.7. The second kappa shape index (κ2) is 11.6. The highest BCUT2D eigenvalue weighted by Crippen LogP contribution is 2.33. The van der Waals surface area contributed by atoms with Gasteiger partial charge in [0.25, 0.3) is 5.91 Å². The molecule has 2 saturated heterocycles. The summed E-state index contributed by atoms with van der Waals surface area (Å²) in [6, 6.07) is 23.8. The van der Waals surface area contributed by atoms with Gasteiger partial charge in [0.05, 0.1) is 43.0 Å². The van der Waals surface area contributed by atoms with Crippen molar-refractivity contribution in [1.82, 2.24) is 24.3 Å². The zero-order valence-electron chi connectivity index (χ0n) is 24.1. The summed E-state index contributed by atoms with van der Waals surface area (Å²) in [6.07, 6.45) is 7.30. The Bertz CT molecular complexity index is 1700. The van der Waals surface area contributed by atoms with E-state index in [1.54, 1.807) is 0 Å². The van der Waals surface area contributed by atoms with Crippen LogP contribution in [0.3, 0.4) is 0 Å². The molecule has 7 rings (SSSR count). The minimum absolute atomic E-state index is 0.0581. The van der Waals surface area contributed by atoms with Crippen molar-refractivity contribution in [3.63, 3.8) is 0 Å². The van der Waals surface area contributed by atoms with E-state index >= 15 is 0 Å². The summed E-state index contributed by atoms with van der Waals surface area (Å²) < 4.78 is 9.92. The van der Waals surface area contributed by atoms with Gasteiger partial charge in [0.15, 0.2) is 0 Å². The molecule has 0 spiro atoms. The number of hydrogen-bond donors (Lipinski definition) is 1. The van der Waals surface area contributed by atoms with Crippen molar-refractivity contribution < 1.29 is 9.53 Å². The van der Waals surface area contributed by atoms with Crippen LogP contribution in [-0.2, 0) is 17.8 Å². The monoisotopic (exact) mass is 559 g/mol. The number of carbonyl (C=O) groups is 1. The molecule has 4 heterocycles. The first-order valence-electron chi connectivity index (χ1n) is 15.0.